The van der Waals surface area contributed by atoms with Gasteiger partial charge < -0.3 is 15.1 Å². The van der Waals surface area contributed by atoms with Crippen LogP contribution in [-0.4, -0.2) is 45.7 Å². The molecule has 18 heavy (non-hydrogen) atoms. The summed E-state index contributed by atoms with van der Waals surface area (Å²) in [5.41, 5.74) is -0.183. The number of nitrogens with zero attached hydrogens (tertiary/aromatic N) is 1. The number of carbonyl (C=O) groups is 2. The van der Waals surface area contributed by atoms with Crippen LogP contribution >= 0.6 is 0 Å². The average molecular weight is 253 g/mol. The predicted octanol–water partition coefficient (Wildman–Crippen LogP) is 0.486. The Morgan fingerprint density at radius 2 is 2.00 bits per heavy atom. The zero-order valence-electron chi connectivity index (χ0n) is 9.41. The van der Waals surface area contributed by atoms with Crippen molar-refractivity contribution in [2.24, 2.45) is 0 Å². The molecule has 2 atom stereocenters. The van der Waals surface area contributed by atoms with Crippen molar-refractivity contribution in [3.63, 3.8) is 0 Å². The number of benzene rings is 1. The number of carboxylic acids is 1. The van der Waals surface area contributed by atoms with Crippen molar-refractivity contribution in [1.29, 1.82) is 0 Å². The van der Waals surface area contributed by atoms with E-state index in [1.54, 1.807) is 0 Å². The average Bonchev–Trinajstić information content (AvgIpc) is 2.71. The number of hydrogen-bond donors (Lipinski definition) is 2. The molecular weight excluding hydrogens is 241 g/mol. The van der Waals surface area contributed by atoms with Gasteiger partial charge in [0.05, 0.1) is 11.7 Å². The minimum Gasteiger partial charge on any atom is -0.480 e. The number of likely N-dealkylation sites (tertiary alicyclic amines) is 1. The van der Waals surface area contributed by atoms with Crippen LogP contribution in [0.5, 0.6) is 0 Å². The van der Waals surface area contributed by atoms with Crippen molar-refractivity contribution in [3.8, 4) is 0 Å². The van der Waals surface area contributed by atoms with Crippen LogP contribution in [0.2, 0.25) is 0 Å². The Labute approximate surface area is 102 Å². The number of hydrogen-bond acceptors (Lipinski definition) is 3. The number of carbonyl (C=O) groups excluding carboxylic acids is 1. The molecule has 6 heteroatoms. The van der Waals surface area contributed by atoms with Gasteiger partial charge in [0, 0.05) is 13.0 Å². The molecule has 0 saturated carbocycles. The van der Waals surface area contributed by atoms with Gasteiger partial charge in [-0.25, -0.2) is 9.18 Å². The van der Waals surface area contributed by atoms with E-state index in [0.717, 1.165) is 11.0 Å². The fourth-order valence-electron chi connectivity index (χ4n) is 2.06. The lowest BCUT2D eigenvalue weighted by Crippen LogP contribution is -2.40. The third-order valence-corrected chi connectivity index (χ3v) is 2.93. The van der Waals surface area contributed by atoms with E-state index in [1.807, 2.05) is 0 Å². The number of aliphatic hydroxyl groups is 1. The Bertz CT molecular complexity index is 491. The number of carboxylic acid groups (broad SMARTS) is 1. The van der Waals surface area contributed by atoms with Gasteiger partial charge in [-0.2, -0.15) is 0 Å². The first-order valence-electron chi connectivity index (χ1n) is 5.47. The minimum absolute atomic E-state index is 0.0322. The Kier molecular flexibility index (Phi) is 3.29. The highest BCUT2D eigenvalue weighted by atomic mass is 19.1. The zero-order chi connectivity index (χ0) is 13.3. The van der Waals surface area contributed by atoms with E-state index in [2.05, 4.69) is 0 Å². The fraction of sp³-hybridized carbons (Fsp3) is 0.333. The van der Waals surface area contributed by atoms with Crippen molar-refractivity contribution >= 4 is 11.9 Å². The number of aliphatic hydroxyl groups excluding tert-OH is 1. The molecule has 1 aliphatic rings. The van der Waals surface area contributed by atoms with Crippen molar-refractivity contribution in [3.05, 3.63) is 35.6 Å². The SMILES string of the molecule is O=C(O)[C@@H]1C[C@@H](O)CN1C(=O)c1ccccc1F. The lowest BCUT2D eigenvalue weighted by molar-refractivity contribution is -0.141. The normalized spacial score (nSPS) is 23.1. The summed E-state index contributed by atoms with van der Waals surface area (Å²) in [6.45, 7) is -0.0931. The van der Waals surface area contributed by atoms with Crippen LogP contribution in [0.3, 0.4) is 0 Å². The largest absolute Gasteiger partial charge is 0.480 e. The number of aliphatic carboxylic acids is 1. The molecule has 0 unspecified atom stereocenters. The second-order valence-corrected chi connectivity index (χ2v) is 4.18. The Morgan fingerprint density at radius 3 is 2.61 bits per heavy atom. The third kappa shape index (κ3) is 2.19. The summed E-state index contributed by atoms with van der Waals surface area (Å²) in [5, 5.41) is 18.4. The summed E-state index contributed by atoms with van der Waals surface area (Å²) in [5.74, 6) is -2.61. The van der Waals surface area contributed by atoms with Crippen molar-refractivity contribution in [2.75, 3.05) is 6.54 Å². The van der Waals surface area contributed by atoms with Gasteiger partial charge in [0.1, 0.15) is 11.9 Å². The van der Waals surface area contributed by atoms with Crippen LogP contribution < -0.4 is 0 Å². The van der Waals surface area contributed by atoms with Crippen molar-refractivity contribution in [1.82, 2.24) is 4.90 Å². The van der Waals surface area contributed by atoms with Gasteiger partial charge in [-0.15, -0.1) is 0 Å². The quantitative estimate of drug-likeness (QED) is 0.804. The highest BCUT2D eigenvalue weighted by molar-refractivity contribution is 5.97. The molecule has 5 nitrogen and oxygen atoms in total. The molecule has 96 valence electrons. The van der Waals surface area contributed by atoms with Gasteiger partial charge >= 0.3 is 5.97 Å². The van der Waals surface area contributed by atoms with Gasteiger partial charge in [0.25, 0.3) is 5.91 Å². The second-order valence-electron chi connectivity index (χ2n) is 4.18. The van der Waals surface area contributed by atoms with Crippen LogP contribution in [0.15, 0.2) is 24.3 Å². The first-order valence-corrected chi connectivity index (χ1v) is 5.47. The van der Waals surface area contributed by atoms with E-state index in [-0.39, 0.29) is 18.5 Å². The summed E-state index contributed by atoms with van der Waals surface area (Å²) in [7, 11) is 0. The molecule has 0 aromatic heterocycles. The minimum atomic E-state index is -1.20. The first-order chi connectivity index (χ1) is 8.50. The predicted molar refractivity (Wildman–Crippen MR) is 59.5 cm³/mol. The molecule has 1 amide bonds. The highest BCUT2D eigenvalue weighted by Gasteiger charge is 2.39. The van der Waals surface area contributed by atoms with E-state index in [0.29, 0.717) is 0 Å². The van der Waals surface area contributed by atoms with E-state index in [1.165, 1.54) is 18.2 Å². The smallest absolute Gasteiger partial charge is 0.326 e. The fourth-order valence-corrected chi connectivity index (χ4v) is 2.06. The molecule has 0 bridgehead atoms. The molecule has 0 radical (unpaired) electrons. The monoisotopic (exact) mass is 253 g/mol. The van der Waals surface area contributed by atoms with Gasteiger partial charge in [0.15, 0.2) is 0 Å². The lowest BCUT2D eigenvalue weighted by atomic mass is 10.1. The molecule has 2 N–H and O–H groups in total. The maximum atomic E-state index is 13.5. The van der Waals surface area contributed by atoms with Crippen molar-refractivity contribution < 1.29 is 24.2 Å². The number of β-amino-alcohol motifs (C(OH)–C–C–N with tert-alkyl or cyclic N) is 1. The van der Waals surface area contributed by atoms with Gasteiger partial charge in [0.2, 0.25) is 0 Å². The molecule has 1 aromatic rings. The van der Waals surface area contributed by atoms with Crippen LogP contribution in [0.25, 0.3) is 0 Å². The molecule has 0 spiro atoms. The zero-order valence-corrected chi connectivity index (χ0v) is 9.41. The highest BCUT2D eigenvalue weighted by Crippen LogP contribution is 2.21. The van der Waals surface area contributed by atoms with Gasteiger partial charge in [-0.1, -0.05) is 12.1 Å². The van der Waals surface area contributed by atoms with Crippen LogP contribution in [0.4, 0.5) is 4.39 Å². The number of halogens is 1. The lowest BCUT2D eigenvalue weighted by Gasteiger charge is -2.21. The molecule has 1 aliphatic heterocycles. The Morgan fingerprint density at radius 1 is 1.33 bits per heavy atom. The topological polar surface area (TPSA) is 77.8 Å². The van der Waals surface area contributed by atoms with Crippen LogP contribution in [0, 0.1) is 5.82 Å². The summed E-state index contributed by atoms with van der Waals surface area (Å²) >= 11 is 0. The summed E-state index contributed by atoms with van der Waals surface area (Å²) in [4.78, 5) is 24.0. The van der Waals surface area contributed by atoms with E-state index >= 15 is 0 Å². The molecular formula is C12H12FNO4. The Hall–Kier alpha value is -1.95. The molecule has 1 saturated heterocycles. The Balaban J connectivity index is 2.28. The molecule has 1 fully saturated rings. The standard InChI is InChI=1S/C12H12FNO4/c13-9-4-2-1-3-8(9)11(16)14-6-7(15)5-10(14)12(17)18/h1-4,7,10,15H,5-6H2,(H,17,18)/t7-,10+/m1/s1. The summed E-state index contributed by atoms with van der Waals surface area (Å²) in [6, 6.07) is 4.27. The third-order valence-electron chi connectivity index (χ3n) is 2.93. The van der Waals surface area contributed by atoms with E-state index in [9.17, 15) is 19.1 Å². The van der Waals surface area contributed by atoms with Crippen LogP contribution in [0.1, 0.15) is 16.8 Å². The van der Waals surface area contributed by atoms with Crippen molar-refractivity contribution in [2.45, 2.75) is 18.6 Å². The molecule has 0 aliphatic carbocycles. The molecule has 2 rings (SSSR count). The summed E-state index contributed by atoms with van der Waals surface area (Å²) < 4.78 is 13.5. The van der Waals surface area contributed by atoms with Crippen LogP contribution in [-0.2, 0) is 4.79 Å². The van der Waals surface area contributed by atoms with Gasteiger partial charge in [-0.05, 0) is 12.1 Å². The van der Waals surface area contributed by atoms with E-state index < -0.39 is 29.8 Å². The maximum absolute atomic E-state index is 13.5. The number of rotatable bonds is 2. The molecule has 1 aromatic carbocycles. The first kappa shape index (κ1) is 12.5. The number of amides is 1. The molecule has 1 heterocycles. The van der Waals surface area contributed by atoms with Gasteiger partial charge in [-0.3, -0.25) is 4.79 Å². The second kappa shape index (κ2) is 4.73. The summed E-state index contributed by atoms with van der Waals surface area (Å²) in [6.07, 6.45) is -0.919. The maximum Gasteiger partial charge on any atom is 0.326 e. The van der Waals surface area contributed by atoms with E-state index in [4.69, 9.17) is 5.11 Å².